The average molecular weight is 185 g/mol. The van der Waals surface area contributed by atoms with Crippen molar-refractivity contribution >= 4 is 0 Å². The second kappa shape index (κ2) is 6.39. The Labute approximate surface area is 82.3 Å². The first kappa shape index (κ1) is 11.0. The lowest BCUT2D eigenvalue weighted by Gasteiger charge is -2.24. The molecule has 0 radical (unpaired) electrons. The van der Waals surface area contributed by atoms with Gasteiger partial charge in [-0.3, -0.25) is 4.90 Å². The minimum absolute atomic E-state index is 0.771. The van der Waals surface area contributed by atoms with E-state index in [0.717, 1.165) is 12.6 Å². The van der Waals surface area contributed by atoms with Crippen LogP contribution in [0.15, 0.2) is 0 Å². The molecule has 0 heterocycles. The highest BCUT2D eigenvalue weighted by Crippen LogP contribution is 2.26. The predicted molar refractivity (Wildman–Crippen MR) is 55.7 cm³/mol. The largest absolute Gasteiger partial charge is 0.369 e. The lowest BCUT2D eigenvalue weighted by molar-refractivity contribution is 0.0764. The third-order valence-corrected chi connectivity index (χ3v) is 2.99. The van der Waals surface area contributed by atoms with E-state index in [1.165, 1.54) is 45.1 Å². The normalized spacial score (nSPS) is 19.6. The van der Waals surface area contributed by atoms with Crippen molar-refractivity contribution in [3.05, 3.63) is 0 Å². The van der Waals surface area contributed by atoms with Gasteiger partial charge >= 0.3 is 0 Å². The highest BCUT2D eigenvalue weighted by Gasteiger charge is 2.13. The topological polar surface area (TPSA) is 12.5 Å². The lowest BCUT2D eigenvalue weighted by Crippen LogP contribution is -2.24. The van der Waals surface area contributed by atoms with Crippen LogP contribution in [-0.4, -0.2) is 32.3 Å². The van der Waals surface area contributed by atoms with E-state index in [0.29, 0.717) is 0 Å². The second-order valence-corrected chi connectivity index (χ2v) is 4.29. The van der Waals surface area contributed by atoms with Gasteiger partial charge in [-0.25, -0.2) is 0 Å². The minimum Gasteiger partial charge on any atom is -0.369 e. The smallest absolute Gasteiger partial charge is 0.0983 e. The van der Waals surface area contributed by atoms with Gasteiger partial charge in [-0.2, -0.15) is 0 Å². The first-order valence-electron chi connectivity index (χ1n) is 5.50. The van der Waals surface area contributed by atoms with E-state index >= 15 is 0 Å². The van der Waals surface area contributed by atoms with Crippen LogP contribution in [0.5, 0.6) is 0 Å². The maximum absolute atomic E-state index is 5.07. The van der Waals surface area contributed by atoms with Gasteiger partial charge in [0.15, 0.2) is 0 Å². The van der Waals surface area contributed by atoms with Crippen LogP contribution in [0.1, 0.15) is 38.5 Å². The summed E-state index contributed by atoms with van der Waals surface area (Å²) < 4.78 is 5.07. The highest BCUT2D eigenvalue weighted by molar-refractivity contribution is 4.66. The molecule has 0 atom stereocenters. The van der Waals surface area contributed by atoms with Crippen LogP contribution in [0.25, 0.3) is 0 Å². The van der Waals surface area contributed by atoms with Gasteiger partial charge in [0.1, 0.15) is 0 Å². The van der Waals surface area contributed by atoms with Crippen molar-refractivity contribution in [2.75, 3.05) is 27.4 Å². The zero-order valence-corrected chi connectivity index (χ0v) is 9.09. The first-order valence-corrected chi connectivity index (χ1v) is 5.50. The van der Waals surface area contributed by atoms with Gasteiger partial charge in [0, 0.05) is 13.7 Å². The summed E-state index contributed by atoms with van der Waals surface area (Å²) in [6.45, 7) is 1.96. The molecule has 0 aromatic rings. The van der Waals surface area contributed by atoms with Gasteiger partial charge in [0.2, 0.25) is 0 Å². The Balaban J connectivity index is 2.03. The number of nitrogens with zero attached hydrogens (tertiary/aromatic N) is 1. The number of hydrogen-bond donors (Lipinski definition) is 0. The fourth-order valence-corrected chi connectivity index (χ4v) is 2.16. The number of rotatable bonds is 5. The summed E-state index contributed by atoms with van der Waals surface area (Å²) in [6, 6.07) is 0. The minimum atomic E-state index is 0.771. The SMILES string of the molecule is COCN(C)CCC1CCCCC1. The lowest BCUT2D eigenvalue weighted by atomic mass is 9.87. The third-order valence-electron chi connectivity index (χ3n) is 2.99. The molecule has 0 N–H and O–H groups in total. The van der Waals surface area contributed by atoms with Crippen molar-refractivity contribution < 1.29 is 4.74 Å². The summed E-state index contributed by atoms with van der Waals surface area (Å²) >= 11 is 0. The number of methoxy groups -OCH3 is 1. The van der Waals surface area contributed by atoms with Crippen LogP contribution in [0, 0.1) is 5.92 Å². The van der Waals surface area contributed by atoms with Crippen LogP contribution < -0.4 is 0 Å². The molecule has 0 spiro atoms. The maximum Gasteiger partial charge on any atom is 0.0983 e. The summed E-state index contributed by atoms with van der Waals surface area (Å²) in [6.07, 6.45) is 8.66. The average Bonchev–Trinajstić information content (AvgIpc) is 2.17. The predicted octanol–water partition coefficient (Wildman–Crippen LogP) is 2.49. The molecule has 78 valence electrons. The molecule has 0 unspecified atom stereocenters. The molecule has 1 aliphatic rings. The highest BCUT2D eigenvalue weighted by atomic mass is 16.5. The summed E-state index contributed by atoms with van der Waals surface area (Å²) in [5.74, 6) is 0.994. The Morgan fingerprint density at radius 2 is 1.92 bits per heavy atom. The van der Waals surface area contributed by atoms with Crippen molar-refractivity contribution in [3.63, 3.8) is 0 Å². The van der Waals surface area contributed by atoms with Crippen LogP contribution in [0.4, 0.5) is 0 Å². The van der Waals surface area contributed by atoms with E-state index in [1.54, 1.807) is 7.11 Å². The zero-order chi connectivity index (χ0) is 9.52. The van der Waals surface area contributed by atoms with E-state index in [9.17, 15) is 0 Å². The van der Waals surface area contributed by atoms with Gasteiger partial charge in [-0.05, 0) is 19.4 Å². The monoisotopic (exact) mass is 185 g/mol. The Morgan fingerprint density at radius 3 is 2.54 bits per heavy atom. The molecule has 0 amide bonds. The third kappa shape index (κ3) is 4.63. The molecule has 0 saturated heterocycles. The standard InChI is InChI=1S/C11H23NO/c1-12(10-13-2)9-8-11-6-4-3-5-7-11/h11H,3-10H2,1-2H3. The molecule has 1 saturated carbocycles. The van der Waals surface area contributed by atoms with E-state index in [1.807, 2.05) is 0 Å². The van der Waals surface area contributed by atoms with Crippen molar-refractivity contribution in [1.29, 1.82) is 0 Å². The number of hydrogen-bond acceptors (Lipinski definition) is 2. The molecule has 0 aromatic heterocycles. The molecule has 1 aliphatic carbocycles. The fourth-order valence-electron chi connectivity index (χ4n) is 2.16. The maximum atomic E-state index is 5.07. The van der Waals surface area contributed by atoms with Crippen molar-refractivity contribution in [2.24, 2.45) is 5.92 Å². The molecule has 0 bridgehead atoms. The van der Waals surface area contributed by atoms with E-state index in [-0.39, 0.29) is 0 Å². The van der Waals surface area contributed by atoms with Crippen molar-refractivity contribution in [1.82, 2.24) is 4.90 Å². The molecule has 13 heavy (non-hydrogen) atoms. The molecule has 1 fully saturated rings. The molecule has 2 nitrogen and oxygen atoms in total. The summed E-state index contributed by atoms with van der Waals surface area (Å²) in [5.41, 5.74) is 0. The Bertz CT molecular complexity index is 121. The van der Waals surface area contributed by atoms with E-state index in [4.69, 9.17) is 4.74 Å². The Hall–Kier alpha value is -0.0800. The van der Waals surface area contributed by atoms with E-state index in [2.05, 4.69) is 11.9 Å². The quantitative estimate of drug-likeness (QED) is 0.610. The first-order chi connectivity index (χ1) is 6.33. The molecule has 0 aromatic carbocycles. The fraction of sp³-hybridized carbons (Fsp3) is 1.00. The van der Waals surface area contributed by atoms with Gasteiger partial charge in [-0.15, -0.1) is 0 Å². The molecule has 2 heteroatoms. The summed E-state index contributed by atoms with van der Waals surface area (Å²) in [5, 5.41) is 0. The second-order valence-electron chi connectivity index (χ2n) is 4.29. The van der Waals surface area contributed by atoms with Crippen LogP contribution >= 0.6 is 0 Å². The van der Waals surface area contributed by atoms with Gasteiger partial charge in [-0.1, -0.05) is 32.1 Å². The Morgan fingerprint density at radius 1 is 1.23 bits per heavy atom. The Kier molecular flexibility index (Phi) is 5.40. The zero-order valence-electron chi connectivity index (χ0n) is 9.09. The van der Waals surface area contributed by atoms with E-state index < -0.39 is 0 Å². The van der Waals surface area contributed by atoms with Gasteiger partial charge < -0.3 is 4.74 Å². The summed E-state index contributed by atoms with van der Waals surface area (Å²) in [7, 11) is 3.89. The molecular formula is C11H23NO. The van der Waals surface area contributed by atoms with Crippen LogP contribution in [0.3, 0.4) is 0 Å². The number of ether oxygens (including phenoxy) is 1. The molecular weight excluding hydrogens is 162 g/mol. The molecule has 1 rings (SSSR count). The molecule has 0 aliphatic heterocycles. The van der Waals surface area contributed by atoms with Gasteiger partial charge in [0.05, 0.1) is 6.73 Å². The van der Waals surface area contributed by atoms with Crippen LogP contribution in [-0.2, 0) is 4.74 Å². The van der Waals surface area contributed by atoms with Crippen molar-refractivity contribution in [3.8, 4) is 0 Å². The summed E-state index contributed by atoms with van der Waals surface area (Å²) in [4.78, 5) is 2.26. The van der Waals surface area contributed by atoms with Crippen molar-refractivity contribution in [2.45, 2.75) is 38.5 Å². The van der Waals surface area contributed by atoms with Crippen LogP contribution in [0.2, 0.25) is 0 Å². The van der Waals surface area contributed by atoms with Gasteiger partial charge in [0.25, 0.3) is 0 Å².